The Labute approximate surface area is 213 Å². The molecule has 0 spiro atoms. The van der Waals surface area contributed by atoms with Crippen molar-refractivity contribution >= 4 is 18.4 Å². The standard InChI is InChI=1S/C28H33NO5.ClH/c1-4-32-27(31)22-12-16-26(17-13-22)34-25-14-10-21(11-15-25)18-28(2,3)29-19-23(30)20-33-24-8-6-5-7-9-24;/h5-17,23,29-30H,4,18-20H2,1-3H3;1H/t23-;/m0./s1. The molecule has 0 saturated carbocycles. The summed E-state index contributed by atoms with van der Waals surface area (Å²) in [5.41, 5.74) is 1.44. The zero-order valence-corrected chi connectivity index (χ0v) is 21.2. The van der Waals surface area contributed by atoms with E-state index in [1.165, 1.54) is 0 Å². The van der Waals surface area contributed by atoms with E-state index in [0.29, 0.717) is 30.2 Å². The smallest absolute Gasteiger partial charge is 0.338 e. The molecule has 0 heterocycles. The highest BCUT2D eigenvalue weighted by molar-refractivity contribution is 5.89. The number of hydrogen-bond acceptors (Lipinski definition) is 6. The van der Waals surface area contributed by atoms with Crippen LogP contribution in [0.15, 0.2) is 78.9 Å². The third kappa shape index (κ3) is 9.61. The number of carbonyl (C=O) groups excluding carboxylic acids is 1. The van der Waals surface area contributed by atoms with Gasteiger partial charge in [0.05, 0.1) is 12.2 Å². The lowest BCUT2D eigenvalue weighted by Gasteiger charge is -2.28. The molecule has 0 aliphatic rings. The summed E-state index contributed by atoms with van der Waals surface area (Å²) in [6.45, 7) is 7.00. The van der Waals surface area contributed by atoms with Gasteiger partial charge in [0.15, 0.2) is 0 Å². The Bertz CT molecular complexity index is 1020. The van der Waals surface area contributed by atoms with Crippen LogP contribution in [0.5, 0.6) is 17.2 Å². The number of rotatable bonds is 12. The van der Waals surface area contributed by atoms with E-state index in [1.54, 1.807) is 31.2 Å². The van der Waals surface area contributed by atoms with Gasteiger partial charge in [0, 0.05) is 12.1 Å². The molecule has 3 rings (SSSR count). The van der Waals surface area contributed by atoms with E-state index >= 15 is 0 Å². The number of esters is 1. The van der Waals surface area contributed by atoms with E-state index in [-0.39, 0.29) is 30.5 Å². The minimum absolute atomic E-state index is 0. The van der Waals surface area contributed by atoms with Crippen molar-refractivity contribution in [1.29, 1.82) is 0 Å². The van der Waals surface area contributed by atoms with Crippen LogP contribution in [0.4, 0.5) is 0 Å². The van der Waals surface area contributed by atoms with Crippen LogP contribution in [-0.2, 0) is 11.2 Å². The first kappa shape index (κ1) is 28.2. The van der Waals surface area contributed by atoms with Crippen molar-refractivity contribution in [3.05, 3.63) is 90.0 Å². The van der Waals surface area contributed by atoms with Crippen LogP contribution in [0.1, 0.15) is 36.7 Å². The number of nitrogens with one attached hydrogen (secondary N) is 1. The fourth-order valence-electron chi connectivity index (χ4n) is 3.42. The van der Waals surface area contributed by atoms with Gasteiger partial charge in [0.25, 0.3) is 0 Å². The first-order chi connectivity index (χ1) is 16.3. The van der Waals surface area contributed by atoms with Gasteiger partial charge >= 0.3 is 5.97 Å². The number of benzene rings is 3. The fraction of sp³-hybridized carbons (Fsp3) is 0.321. The second kappa shape index (κ2) is 13.7. The average Bonchev–Trinajstić information content (AvgIpc) is 2.84. The van der Waals surface area contributed by atoms with Gasteiger partial charge in [-0.05, 0) is 81.3 Å². The molecule has 0 aromatic heterocycles. The molecule has 0 aliphatic heterocycles. The molecule has 188 valence electrons. The van der Waals surface area contributed by atoms with Gasteiger partial charge in [-0.1, -0.05) is 30.3 Å². The molecule has 0 bridgehead atoms. The molecule has 3 aromatic rings. The van der Waals surface area contributed by atoms with Crippen LogP contribution in [0.3, 0.4) is 0 Å². The lowest BCUT2D eigenvalue weighted by molar-refractivity contribution is 0.0526. The minimum atomic E-state index is -0.606. The van der Waals surface area contributed by atoms with E-state index in [9.17, 15) is 9.90 Å². The number of ether oxygens (including phenoxy) is 3. The Morgan fingerprint density at radius 1 is 0.914 bits per heavy atom. The summed E-state index contributed by atoms with van der Waals surface area (Å²) in [4.78, 5) is 11.8. The molecule has 0 saturated heterocycles. The molecular formula is C28H34ClNO5. The molecule has 0 aliphatic carbocycles. The maximum atomic E-state index is 11.8. The third-order valence-corrected chi connectivity index (χ3v) is 5.17. The first-order valence-corrected chi connectivity index (χ1v) is 11.5. The lowest BCUT2D eigenvalue weighted by atomic mass is 9.94. The minimum Gasteiger partial charge on any atom is -0.491 e. The summed E-state index contributed by atoms with van der Waals surface area (Å²) in [6, 6.07) is 24.3. The highest BCUT2D eigenvalue weighted by Crippen LogP contribution is 2.23. The third-order valence-electron chi connectivity index (χ3n) is 5.17. The van der Waals surface area contributed by atoms with Crippen LogP contribution in [-0.4, -0.2) is 42.5 Å². The number of hydrogen-bond donors (Lipinski definition) is 2. The fourth-order valence-corrected chi connectivity index (χ4v) is 3.42. The highest BCUT2D eigenvalue weighted by Gasteiger charge is 2.19. The molecule has 2 N–H and O–H groups in total. The average molecular weight is 500 g/mol. The zero-order chi connectivity index (χ0) is 24.4. The molecule has 0 unspecified atom stereocenters. The first-order valence-electron chi connectivity index (χ1n) is 11.5. The van der Waals surface area contributed by atoms with Crippen LogP contribution in [0.25, 0.3) is 0 Å². The summed E-state index contributed by atoms with van der Waals surface area (Å²) in [5, 5.41) is 13.7. The predicted octanol–water partition coefficient (Wildman–Crippen LogP) is 5.43. The zero-order valence-electron chi connectivity index (χ0n) is 20.4. The lowest BCUT2D eigenvalue weighted by Crippen LogP contribution is -2.46. The van der Waals surface area contributed by atoms with Gasteiger partial charge in [-0.25, -0.2) is 4.79 Å². The van der Waals surface area contributed by atoms with Crippen molar-refractivity contribution in [3.63, 3.8) is 0 Å². The van der Waals surface area contributed by atoms with Crippen molar-refractivity contribution in [1.82, 2.24) is 5.32 Å². The summed E-state index contributed by atoms with van der Waals surface area (Å²) in [7, 11) is 0. The normalized spacial score (nSPS) is 11.8. The topological polar surface area (TPSA) is 77.0 Å². The van der Waals surface area contributed by atoms with Crippen molar-refractivity contribution in [2.24, 2.45) is 0 Å². The molecule has 1 atom stereocenters. The molecule has 0 fully saturated rings. The van der Waals surface area contributed by atoms with Crippen LogP contribution in [0, 0.1) is 0 Å². The Morgan fingerprint density at radius 3 is 2.11 bits per heavy atom. The maximum Gasteiger partial charge on any atom is 0.338 e. The van der Waals surface area contributed by atoms with E-state index < -0.39 is 6.10 Å². The number of para-hydroxylation sites is 1. The van der Waals surface area contributed by atoms with Crippen molar-refractivity contribution in [2.75, 3.05) is 19.8 Å². The molecule has 0 radical (unpaired) electrons. The van der Waals surface area contributed by atoms with Crippen LogP contribution < -0.4 is 14.8 Å². The Morgan fingerprint density at radius 2 is 1.51 bits per heavy atom. The van der Waals surface area contributed by atoms with E-state index in [0.717, 1.165) is 17.7 Å². The van der Waals surface area contributed by atoms with E-state index in [4.69, 9.17) is 14.2 Å². The van der Waals surface area contributed by atoms with Gasteiger partial charge in [-0.2, -0.15) is 0 Å². The van der Waals surface area contributed by atoms with Gasteiger partial charge in [-0.3, -0.25) is 0 Å². The number of aliphatic hydroxyl groups excluding tert-OH is 1. The number of β-amino-alcohol motifs (C(OH)–C–C–N with tert-alkyl or cyclic N) is 1. The highest BCUT2D eigenvalue weighted by atomic mass is 35.5. The van der Waals surface area contributed by atoms with Crippen molar-refractivity contribution < 1.29 is 24.1 Å². The predicted molar refractivity (Wildman–Crippen MR) is 140 cm³/mol. The second-order valence-corrected chi connectivity index (χ2v) is 8.71. The van der Waals surface area contributed by atoms with Gasteiger partial charge in [-0.15, -0.1) is 12.4 Å². The Balaban J connectivity index is 0.00000432. The molecule has 6 nitrogen and oxygen atoms in total. The molecular weight excluding hydrogens is 466 g/mol. The van der Waals surface area contributed by atoms with Crippen molar-refractivity contribution in [2.45, 2.75) is 38.8 Å². The Hall–Kier alpha value is -3.06. The quantitative estimate of drug-likeness (QED) is 0.324. The molecule has 7 heteroatoms. The maximum absolute atomic E-state index is 11.8. The summed E-state index contributed by atoms with van der Waals surface area (Å²) >= 11 is 0. The molecule has 3 aromatic carbocycles. The van der Waals surface area contributed by atoms with Gasteiger partial charge in [0.2, 0.25) is 0 Å². The van der Waals surface area contributed by atoms with E-state index in [2.05, 4.69) is 19.2 Å². The Kier molecular flexibility index (Phi) is 11.1. The summed E-state index contributed by atoms with van der Waals surface area (Å²) in [5.74, 6) is 1.77. The van der Waals surface area contributed by atoms with Gasteiger partial charge in [0.1, 0.15) is 30.0 Å². The largest absolute Gasteiger partial charge is 0.491 e. The van der Waals surface area contributed by atoms with Crippen LogP contribution >= 0.6 is 12.4 Å². The monoisotopic (exact) mass is 499 g/mol. The van der Waals surface area contributed by atoms with Crippen LogP contribution in [0.2, 0.25) is 0 Å². The molecule has 0 amide bonds. The van der Waals surface area contributed by atoms with Crippen molar-refractivity contribution in [3.8, 4) is 17.2 Å². The number of carbonyl (C=O) groups is 1. The van der Waals surface area contributed by atoms with E-state index in [1.807, 2.05) is 54.6 Å². The van der Waals surface area contributed by atoms with Gasteiger partial charge < -0.3 is 24.6 Å². The SMILES string of the molecule is CCOC(=O)c1ccc(Oc2ccc(CC(C)(C)NC[C@H](O)COc3ccccc3)cc2)cc1.Cl. The molecule has 35 heavy (non-hydrogen) atoms. The number of halogens is 1. The second-order valence-electron chi connectivity index (χ2n) is 8.71. The summed E-state index contributed by atoms with van der Waals surface area (Å²) < 4.78 is 16.5. The number of aliphatic hydroxyl groups is 1. The summed E-state index contributed by atoms with van der Waals surface area (Å²) in [6.07, 6.45) is 0.179.